The minimum atomic E-state index is -2.29. The quantitative estimate of drug-likeness (QED) is 0.732. The van der Waals surface area contributed by atoms with E-state index >= 15 is 0 Å². The number of likely N-dealkylation sites (tertiary alicyclic amines) is 1. The average Bonchev–Trinajstić information content (AvgIpc) is 2.25. The van der Waals surface area contributed by atoms with Crippen molar-refractivity contribution in [3.05, 3.63) is 0 Å². The average molecular weight is 264 g/mol. The Hall–Kier alpha value is -0.260. The molecule has 2 N–H and O–H groups in total. The van der Waals surface area contributed by atoms with Gasteiger partial charge in [-0.15, -0.1) is 0 Å². The van der Waals surface area contributed by atoms with E-state index in [4.69, 9.17) is 5.11 Å². The van der Waals surface area contributed by atoms with Gasteiger partial charge in [-0.05, 0) is 24.7 Å². The molecule has 1 fully saturated rings. The van der Waals surface area contributed by atoms with Crippen molar-refractivity contribution in [2.75, 3.05) is 32.8 Å². The zero-order chi connectivity index (χ0) is 13.5. The first-order valence-electron chi connectivity index (χ1n) is 6.86. The highest BCUT2D eigenvalue weighted by atomic mass is 19.3. The topological polar surface area (TPSA) is 35.5 Å². The number of hydrogen-bond donors (Lipinski definition) is 2. The molecule has 3 nitrogen and oxygen atoms in total. The lowest BCUT2D eigenvalue weighted by atomic mass is 9.91. The summed E-state index contributed by atoms with van der Waals surface area (Å²) in [6.07, 6.45) is -0.634. The lowest BCUT2D eigenvalue weighted by molar-refractivity contribution is 0.0931. The first-order valence-corrected chi connectivity index (χ1v) is 6.86. The summed E-state index contributed by atoms with van der Waals surface area (Å²) in [5.41, 5.74) is 0. The third-order valence-electron chi connectivity index (χ3n) is 3.33. The van der Waals surface area contributed by atoms with Crippen molar-refractivity contribution in [2.45, 2.75) is 39.2 Å². The van der Waals surface area contributed by atoms with E-state index in [9.17, 15) is 8.78 Å². The molecule has 2 unspecified atom stereocenters. The molecule has 0 bridgehead atoms. The van der Waals surface area contributed by atoms with Gasteiger partial charge in [0.25, 0.3) is 6.43 Å². The van der Waals surface area contributed by atoms with Crippen LogP contribution in [0, 0.1) is 11.8 Å². The van der Waals surface area contributed by atoms with Gasteiger partial charge in [-0.2, -0.15) is 0 Å². The fraction of sp³-hybridized carbons (Fsp3) is 1.00. The molecule has 0 saturated carbocycles. The number of nitrogens with one attached hydrogen (secondary N) is 1. The van der Waals surface area contributed by atoms with Crippen molar-refractivity contribution in [3.63, 3.8) is 0 Å². The number of nitrogens with zero attached hydrogens (tertiary/aromatic N) is 1. The molecular weight excluding hydrogens is 238 g/mol. The zero-order valence-corrected chi connectivity index (χ0v) is 11.4. The van der Waals surface area contributed by atoms with Gasteiger partial charge in [-0.3, -0.25) is 0 Å². The van der Waals surface area contributed by atoms with Gasteiger partial charge in [-0.1, -0.05) is 13.8 Å². The predicted molar refractivity (Wildman–Crippen MR) is 68.9 cm³/mol. The molecule has 1 aliphatic heterocycles. The molecule has 0 spiro atoms. The maximum Gasteiger partial charge on any atom is 0.250 e. The summed E-state index contributed by atoms with van der Waals surface area (Å²) in [5, 5.41) is 12.0. The van der Waals surface area contributed by atoms with Crippen molar-refractivity contribution in [2.24, 2.45) is 11.8 Å². The molecule has 1 saturated heterocycles. The summed E-state index contributed by atoms with van der Waals surface area (Å²) in [6, 6.07) is 0.128. The third kappa shape index (κ3) is 6.07. The van der Waals surface area contributed by atoms with Crippen LogP contribution in [0.15, 0.2) is 0 Å². The summed E-state index contributed by atoms with van der Waals surface area (Å²) in [5.74, 6) is 0.992. The molecular formula is C13H26F2N2O. The summed E-state index contributed by atoms with van der Waals surface area (Å²) in [4.78, 5) is 2.33. The summed E-state index contributed by atoms with van der Waals surface area (Å²) in [6.45, 7) is 7.09. The van der Waals surface area contributed by atoms with E-state index in [0.29, 0.717) is 11.8 Å². The number of piperidine rings is 1. The Morgan fingerprint density at radius 1 is 1.33 bits per heavy atom. The number of aliphatic hydroxyl groups excluding tert-OH is 1. The third-order valence-corrected chi connectivity index (χ3v) is 3.33. The van der Waals surface area contributed by atoms with Crippen LogP contribution in [0.25, 0.3) is 0 Å². The van der Waals surface area contributed by atoms with E-state index < -0.39 is 6.43 Å². The van der Waals surface area contributed by atoms with Crippen molar-refractivity contribution in [1.82, 2.24) is 10.2 Å². The first kappa shape index (κ1) is 15.8. The highest BCUT2D eigenvalue weighted by molar-refractivity contribution is 4.84. The number of halogens is 2. The zero-order valence-electron chi connectivity index (χ0n) is 11.4. The number of alkyl halides is 2. The number of aliphatic hydroxyl groups is 1. The van der Waals surface area contributed by atoms with Gasteiger partial charge < -0.3 is 15.3 Å². The van der Waals surface area contributed by atoms with Crippen LogP contribution in [0.4, 0.5) is 8.78 Å². The van der Waals surface area contributed by atoms with Crippen LogP contribution in [0.5, 0.6) is 0 Å². The maximum absolute atomic E-state index is 12.2. The Bertz CT molecular complexity index is 227. The van der Waals surface area contributed by atoms with E-state index in [1.807, 2.05) is 0 Å². The molecule has 1 heterocycles. The molecule has 0 radical (unpaired) electrons. The van der Waals surface area contributed by atoms with Crippen LogP contribution in [0.1, 0.15) is 26.7 Å². The minimum Gasteiger partial charge on any atom is -0.396 e. The molecule has 18 heavy (non-hydrogen) atoms. The van der Waals surface area contributed by atoms with Crippen LogP contribution < -0.4 is 5.32 Å². The van der Waals surface area contributed by atoms with Gasteiger partial charge in [0, 0.05) is 32.3 Å². The van der Waals surface area contributed by atoms with E-state index in [2.05, 4.69) is 24.1 Å². The SMILES string of the molecule is CC(C)CN1CC(CCO)CC(NCC(F)F)C1. The van der Waals surface area contributed by atoms with Crippen molar-refractivity contribution in [3.8, 4) is 0 Å². The maximum atomic E-state index is 12.2. The van der Waals surface area contributed by atoms with E-state index in [0.717, 1.165) is 32.5 Å². The summed E-state index contributed by atoms with van der Waals surface area (Å²) < 4.78 is 24.5. The summed E-state index contributed by atoms with van der Waals surface area (Å²) in [7, 11) is 0. The predicted octanol–water partition coefficient (Wildman–Crippen LogP) is 1.57. The molecule has 0 aromatic carbocycles. The molecule has 0 aromatic heterocycles. The second-order valence-corrected chi connectivity index (χ2v) is 5.72. The largest absolute Gasteiger partial charge is 0.396 e. The fourth-order valence-electron chi connectivity index (χ4n) is 2.76. The van der Waals surface area contributed by atoms with Crippen molar-refractivity contribution >= 4 is 0 Å². The second kappa shape index (κ2) is 8.02. The lowest BCUT2D eigenvalue weighted by Crippen LogP contribution is -2.51. The van der Waals surface area contributed by atoms with Crippen LogP contribution in [0.2, 0.25) is 0 Å². The molecule has 1 aliphatic rings. The van der Waals surface area contributed by atoms with Gasteiger partial charge >= 0.3 is 0 Å². The Balaban J connectivity index is 2.45. The first-order chi connectivity index (χ1) is 8.51. The highest BCUT2D eigenvalue weighted by Crippen LogP contribution is 2.20. The van der Waals surface area contributed by atoms with Crippen LogP contribution in [0.3, 0.4) is 0 Å². The molecule has 108 valence electrons. The van der Waals surface area contributed by atoms with Gasteiger partial charge in [-0.25, -0.2) is 8.78 Å². The molecule has 0 aromatic rings. The Kier molecular flexibility index (Phi) is 7.04. The van der Waals surface area contributed by atoms with Gasteiger partial charge in [0.05, 0.1) is 6.54 Å². The standard InChI is InChI=1S/C13H26F2N2O/c1-10(2)7-17-8-11(3-4-18)5-12(9-17)16-6-13(14)15/h10-13,16,18H,3-9H2,1-2H3. The van der Waals surface area contributed by atoms with Crippen molar-refractivity contribution < 1.29 is 13.9 Å². The summed E-state index contributed by atoms with van der Waals surface area (Å²) >= 11 is 0. The lowest BCUT2D eigenvalue weighted by Gasteiger charge is -2.39. The molecule has 0 aliphatic carbocycles. The Morgan fingerprint density at radius 3 is 2.61 bits per heavy atom. The highest BCUT2D eigenvalue weighted by Gasteiger charge is 2.27. The van der Waals surface area contributed by atoms with E-state index in [-0.39, 0.29) is 19.2 Å². The van der Waals surface area contributed by atoms with Gasteiger partial charge in [0.1, 0.15) is 0 Å². The molecule has 5 heteroatoms. The normalized spacial score (nSPS) is 26.2. The monoisotopic (exact) mass is 264 g/mol. The molecule has 2 atom stereocenters. The van der Waals surface area contributed by atoms with E-state index in [1.165, 1.54) is 0 Å². The van der Waals surface area contributed by atoms with Crippen LogP contribution in [-0.4, -0.2) is 55.3 Å². The minimum absolute atomic E-state index is 0.128. The van der Waals surface area contributed by atoms with Crippen LogP contribution >= 0.6 is 0 Å². The van der Waals surface area contributed by atoms with Crippen LogP contribution in [-0.2, 0) is 0 Å². The Morgan fingerprint density at radius 2 is 2.06 bits per heavy atom. The number of rotatable bonds is 7. The molecule has 1 rings (SSSR count). The van der Waals surface area contributed by atoms with Gasteiger partial charge in [0.2, 0.25) is 0 Å². The second-order valence-electron chi connectivity index (χ2n) is 5.72. The fourth-order valence-corrected chi connectivity index (χ4v) is 2.76. The smallest absolute Gasteiger partial charge is 0.250 e. The van der Waals surface area contributed by atoms with Gasteiger partial charge in [0.15, 0.2) is 0 Å². The molecule has 0 amide bonds. The van der Waals surface area contributed by atoms with Crippen molar-refractivity contribution in [1.29, 1.82) is 0 Å². The Labute approximate surface area is 109 Å². The van der Waals surface area contributed by atoms with E-state index in [1.54, 1.807) is 0 Å². The number of hydrogen-bond acceptors (Lipinski definition) is 3.